The second-order valence-electron chi connectivity index (χ2n) is 9.72. The van der Waals surface area contributed by atoms with Gasteiger partial charge in [0.05, 0.1) is 17.3 Å². The zero-order chi connectivity index (χ0) is 27.4. The lowest BCUT2D eigenvalue weighted by Gasteiger charge is -2.24. The second-order valence-corrected chi connectivity index (χ2v) is 10.1. The van der Waals surface area contributed by atoms with E-state index in [2.05, 4.69) is 27.7 Å². The molecule has 7 nitrogen and oxygen atoms in total. The number of nitrogens with one attached hydrogen (secondary N) is 2. The first-order valence-corrected chi connectivity index (χ1v) is 13.3. The molecule has 1 atom stereocenters. The molecule has 0 aliphatic carbocycles. The van der Waals surface area contributed by atoms with Gasteiger partial charge in [0.15, 0.2) is 0 Å². The molecule has 1 saturated heterocycles. The molecule has 3 aromatic carbocycles. The number of benzene rings is 3. The molecule has 3 N–H and O–H groups in total. The third-order valence-electron chi connectivity index (χ3n) is 7.13. The molecule has 4 aromatic rings. The van der Waals surface area contributed by atoms with Crippen molar-refractivity contribution >= 4 is 34.6 Å². The summed E-state index contributed by atoms with van der Waals surface area (Å²) in [6.07, 6.45) is 3.01. The van der Waals surface area contributed by atoms with Crippen molar-refractivity contribution in [3.63, 3.8) is 0 Å². The largest absolute Gasteiger partial charge is 0.465 e. The summed E-state index contributed by atoms with van der Waals surface area (Å²) in [5.74, 6) is -0.610. The Morgan fingerprint density at radius 3 is 2.74 bits per heavy atom. The van der Waals surface area contributed by atoms with E-state index in [0.717, 1.165) is 59.0 Å². The third-order valence-corrected chi connectivity index (χ3v) is 7.42. The quantitative estimate of drug-likeness (QED) is 0.239. The summed E-state index contributed by atoms with van der Waals surface area (Å²) in [6, 6.07) is 18.4. The van der Waals surface area contributed by atoms with E-state index in [9.17, 15) is 14.0 Å². The van der Waals surface area contributed by atoms with Crippen LogP contribution in [0.25, 0.3) is 22.1 Å². The zero-order valence-electron chi connectivity index (χ0n) is 21.3. The molecular weight excluding hydrogens is 521 g/mol. The van der Waals surface area contributed by atoms with E-state index in [4.69, 9.17) is 21.1 Å². The van der Waals surface area contributed by atoms with Gasteiger partial charge in [0.2, 0.25) is 5.91 Å². The summed E-state index contributed by atoms with van der Waals surface area (Å²) in [5, 5.41) is 15.2. The summed E-state index contributed by atoms with van der Waals surface area (Å²) >= 11 is 5.87. The van der Waals surface area contributed by atoms with Crippen molar-refractivity contribution in [2.75, 3.05) is 13.1 Å². The molecule has 5 rings (SSSR count). The minimum absolute atomic E-state index is 0.0434. The molecule has 9 heteroatoms. The molecule has 0 radical (unpaired) electrons. The van der Waals surface area contributed by atoms with E-state index in [1.54, 1.807) is 18.4 Å². The molecule has 1 fully saturated rings. The molecule has 1 aliphatic heterocycles. The van der Waals surface area contributed by atoms with Crippen LogP contribution >= 0.6 is 11.6 Å². The molecule has 1 aliphatic rings. The van der Waals surface area contributed by atoms with Crippen molar-refractivity contribution in [3.05, 3.63) is 94.5 Å². The summed E-state index contributed by atoms with van der Waals surface area (Å²) in [6.45, 7) is 1.84. The Labute approximate surface area is 230 Å². The fourth-order valence-electron chi connectivity index (χ4n) is 5.18. The van der Waals surface area contributed by atoms with Crippen molar-refractivity contribution in [1.29, 1.82) is 0 Å². The van der Waals surface area contributed by atoms with Crippen molar-refractivity contribution in [2.24, 2.45) is 0 Å². The Hall–Kier alpha value is -3.88. The molecule has 0 bridgehead atoms. The van der Waals surface area contributed by atoms with Gasteiger partial charge < -0.3 is 20.2 Å². The van der Waals surface area contributed by atoms with Crippen LogP contribution in [0.15, 0.2) is 71.3 Å². The maximum Gasteiger partial charge on any atom is 0.404 e. The standard InChI is InChI=1S/C30H29ClFN3O4/c31-25-7-2-6-23(27(25)32)18-33-29(36)26-8-3-11-35(26)12-9-19-14-22-10-13-39-28(22)24(16-19)21-5-1-4-20(15-21)17-34-30(37)38/h1-2,4-7,10,13-16,26,34H,3,8-9,11-12,17-18H2,(H,33,36)(H,37,38). The van der Waals surface area contributed by atoms with Crippen molar-refractivity contribution in [2.45, 2.75) is 38.4 Å². The minimum atomic E-state index is -1.07. The monoisotopic (exact) mass is 549 g/mol. The topological polar surface area (TPSA) is 94.8 Å². The first-order valence-electron chi connectivity index (χ1n) is 12.9. The maximum absolute atomic E-state index is 14.2. The predicted octanol–water partition coefficient (Wildman–Crippen LogP) is 5.98. The number of rotatable bonds is 9. The fraction of sp³-hybridized carbons (Fsp3) is 0.267. The summed E-state index contributed by atoms with van der Waals surface area (Å²) in [4.78, 5) is 26.1. The van der Waals surface area contributed by atoms with E-state index in [1.165, 1.54) is 6.07 Å². The molecule has 1 aromatic heterocycles. The van der Waals surface area contributed by atoms with Gasteiger partial charge in [-0.2, -0.15) is 0 Å². The molecule has 1 unspecified atom stereocenters. The number of furan rings is 1. The van der Waals surface area contributed by atoms with Gasteiger partial charge in [-0.25, -0.2) is 9.18 Å². The fourth-order valence-corrected chi connectivity index (χ4v) is 5.37. The lowest BCUT2D eigenvalue weighted by molar-refractivity contribution is -0.125. The zero-order valence-corrected chi connectivity index (χ0v) is 22.0. The number of halogens is 2. The number of amides is 2. The van der Waals surface area contributed by atoms with Crippen LogP contribution in [0.4, 0.5) is 9.18 Å². The third kappa shape index (κ3) is 6.24. The molecule has 39 heavy (non-hydrogen) atoms. The van der Waals surface area contributed by atoms with Crippen LogP contribution in [-0.2, 0) is 24.3 Å². The van der Waals surface area contributed by atoms with Gasteiger partial charge in [0.1, 0.15) is 11.4 Å². The van der Waals surface area contributed by atoms with Gasteiger partial charge in [-0.15, -0.1) is 0 Å². The Balaban J connectivity index is 1.28. The first-order chi connectivity index (χ1) is 18.9. The Morgan fingerprint density at radius 2 is 1.90 bits per heavy atom. The van der Waals surface area contributed by atoms with E-state index in [1.807, 2.05) is 30.3 Å². The lowest BCUT2D eigenvalue weighted by Crippen LogP contribution is -2.43. The smallest absolute Gasteiger partial charge is 0.404 e. The highest BCUT2D eigenvalue weighted by atomic mass is 35.5. The van der Waals surface area contributed by atoms with Crippen LogP contribution in [-0.4, -0.2) is 41.1 Å². The summed E-state index contributed by atoms with van der Waals surface area (Å²) < 4.78 is 20.0. The normalized spacial score (nSPS) is 15.5. The molecule has 202 valence electrons. The van der Waals surface area contributed by atoms with Crippen LogP contribution in [0.2, 0.25) is 5.02 Å². The van der Waals surface area contributed by atoms with Gasteiger partial charge in [-0.1, -0.05) is 41.9 Å². The number of carbonyl (C=O) groups excluding carboxylic acids is 1. The first kappa shape index (κ1) is 26.7. The van der Waals surface area contributed by atoms with E-state index in [0.29, 0.717) is 12.1 Å². The molecule has 2 heterocycles. The van der Waals surface area contributed by atoms with E-state index < -0.39 is 11.9 Å². The summed E-state index contributed by atoms with van der Waals surface area (Å²) in [5.41, 5.74) is 4.97. The number of hydrogen-bond donors (Lipinski definition) is 3. The second kappa shape index (κ2) is 11.9. The minimum Gasteiger partial charge on any atom is -0.465 e. The number of carboxylic acid groups (broad SMARTS) is 1. The summed E-state index contributed by atoms with van der Waals surface area (Å²) in [7, 11) is 0. The van der Waals surface area contributed by atoms with Gasteiger partial charge in [0, 0.05) is 36.1 Å². The number of nitrogens with zero attached hydrogens (tertiary/aromatic N) is 1. The average molecular weight is 550 g/mol. The van der Waals surface area contributed by atoms with Crippen LogP contribution in [0.5, 0.6) is 0 Å². The van der Waals surface area contributed by atoms with Crippen molar-refractivity contribution < 1.29 is 23.5 Å². The molecular formula is C30H29ClFN3O4. The van der Waals surface area contributed by atoms with E-state index in [-0.39, 0.29) is 30.1 Å². The van der Waals surface area contributed by atoms with Crippen LogP contribution in [0, 0.1) is 5.82 Å². The number of likely N-dealkylation sites (tertiary alicyclic amines) is 1. The highest BCUT2D eigenvalue weighted by molar-refractivity contribution is 6.30. The van der Waals surface area contributed by atoms with Crippen LogP contribution in [0.1, 0.15) is 29.5 Å². The molecule has 2 amide bonds. The van der Waals surface area contributed by atoms with Crippen LogP contribution in [0.3, 0.4) is 0 Å². The Kier molecular flexibility index (Phi) is 8.14. The van der Waals surface area contributed by atoms with Gasteiger partial charge >= 0.3 is 6.09 Å². The Morgan fingerprint density at radius 1 is 1.05 bits per heavy atom. The maximum atomic E-state index is 14.2. The van der Waals surface area contributed by atoms with Gasteiger partial charge in [-0.05, 0) is 72.8 Å². The van der Waals surface area contributed by atoms with E-state index >= 15 is 0 Å². The number of fused-ring (bicyclic) bond motifs is 1. The van der Waals surface area contributed by atoms with Gasteiger partial charge in [0.25, 0.3) is 0 Å². The lowest BCUT2D eigenvalue weighted by atomic mass is 9.97. The SMILES string of the molecule is O=C(O)NCc1cccc(-c2cc(CCN3CCCC3C(=O)NCc3cccc(Cl)c3F)cc3ccoc23)c1. The van der Waals surface area contributed by atoms with Crippen molar-refractivity contribution in [1.82, 2.24) is 15.5 Å². The van der Waals surface area contributed by atoms with Crippen LogP contribution < -0.4 is 10.6 Å². The molecule has 0 saturated carbocycles. The number of carbonyl (C=O) groups is 2. The highest BCUT2D eigenvalue weighted by Crippen LogP contribution is 2.32. The average Bonchev–Trinajstić information content (AvgIpc) is 3.61. The highest BCUT2D eigenvalue weighted by Gasteiger charge is 2.30. The van der Waals surface area contributed by atoms with Gasteiger partial charge in [-0.3, -0.25) is 9.69 Å². The Bertz CT molecular complexity index is 1500. The van der Waals surface area contributed by atoms with Crippen molar-refractivity contribution in [3.8, 4) is 11.1 Å². The molecule has 0 spiro atoms. The predicted molar refractivity (Wildman–Crippen MR) is 148 cm³/mol. The number of hydrogen-bond acceptors (Lipinski definition) is 4.